The summed E-state index contributed by atoms with van der Waals surface area (Å²) in [5, 5.41) is 3.08. The number of hydrogen-bond acceptors (Lipinski definition) is 4. The highest BCUT2D eigenvalue weighted by atomic mass is 32.2. The Bertz CT molecular complexity index is 557. The summed E-state index contributed by atoms with van der Waals surface area (Å²) in [4.78, 5) is 12.3. The first-order chi connectivity index (χ1) is 10.2. The molecule has 1 aliphatic heterocycles. The Morgan fingerprint density at radius 3 is 3.10 bits per heavy atom. The average Bonchev–Trinajstić information content (AvgIpc) is 2.53. The third-order valence-corrected chi connectivity index (χ3v) is 4.50. The standard InChI is InChI=1S/C16H20N2O2S/c1-20-15-7-6-13(10-12(15)4-2-8-17)16(19)18-14-5-3-9-21-11-14/h6-7,10,14H,3,5,8-9,11,17H2,1H3,(H,18,19). The molecule has 1 saturated heterocycles. The van der Waals surface area contributed by atoms with Gasteiger partial charge >= 0.3 is 0 Å². The van der Waals surface area contributed by atoms with Gasteiger partial charge in [0.15, 0.2) is 0 Å². The van der Waals surface area contributed by atoms with Gasteiger partial charge in [0.2, 0.25) is 0 Å². The van der Waals surface area contributed by atoms with E-state index in [1.165, 1.54) is 5.75 Å². The topological polar surface area (TPSA) is 64.3 Å². The van der Waals surface area contributed by atoms with Crippen LogP contribution in [0.5, 0.6) is 5.75 Å². The Morgan fingerprint density at radius 1 is 1.57 bits per heavy atom. The predicted octanol–water partition coefficient (Wildman–Crippen LogP) is 1.63. The first-order valence-electron chi connectivity index (χ1n) is 7.00. The van der Waals surface area contributed by atoms with Gasteiger partial charge in [0.25, 0.3) is 5.91 Å². The zero-order valence-electron chi connectivity index (χ0n) is 12.1. The molecule has 0 aromatic heterocycles. The fourth-order valence-electron chi connectivity index (χ4n) is 2.22. The molecule has 0 spiro atoms. The van der Waals surface area contributed by atoms with Crippen molar-refractivity contribution in [1.82, 2.24) is 5.32 Å². The molecule has 2 rings (SSSR count). The molecule has 4 nitrogen and oxygen atoms in total. The highest BCUT2D eigenvalue weighted by Gasteiger charge is 2.17. The van der Waals surface area contributed by atoms with Crippen molar-refractivity contribution in [3.63, 3.8) is 0 Å². The van der Waals surface area contributed by atoms with Crippen LogP contribution in [0.4, 0.5) is 0 Å². The Morgan fingerprint density at radius 2 is 2.43 bits per heavy atom. The van der Waals surface area contributed by atoms with Gasteiger partial charge in [0.05, 0.1) is 19.2 Å². The number of rotatable bonds is 3. The lowest BCUT2D eigenvalue weighted by molar-refractivity contribution is 0.0938. The summed E-state index contributed by atoms with van der Waals surface area (Å²) >= 11 is 1.89. The van der Waals surface area contributed by atoms with Crippen LogP contribution in [0.1, 0.15) is 28.8 Å². The van der Waals surface area contributed by atoms with Gasteiger partial charge in [-0.1, -0.05) is 11.8 Å². The lowest BCUT2D eigenvalue weighted by Crippen LogP contribution is -2.38. The fourth-order valence-corrected chi connectivity index (χ4v) is 3.29. The monoisotopic (exact) mass is 304 g/mol. The molecule has 112 valence electrons. The lowest BCUT2D eigenvalue weighted by atomic mass is 10.1. The number of amides is 1. The molecule has 0 radical (unpaired) electrons. The van der Waals surface area contributed by atoms with Crippen LogP contribution >= 0.6 is 11.8 Å². The molecule has 1 atom stereocenters. The van der Waals surface area contributed by atoms with Crippen LogP contribution in [0.25, 0.3) is 0 Å². The first-order valence-corrected chi connectivity index (χ1v) is 8.15. The summed E-state index contributed by atoms with van der Waals surface area (Å²) < 4.78 is 5.25. The molecule has 0 saturated carbocycles. The SMILES string of the molecule is COc1ccc(C(=O)NC2CCCSC2)cc1C#CCN. The average molecular weight is 304 g/mol. The van der Waals surface area contributed by atoms with Crippen LogP contribution in [0.3, 0.4) is 0 Å². The van der Waals surface area contributed by atoms with Gasteiger partial charge in [0, 0.05) is 17.4 Å². The normalized spacial score (nSPS) is 17.5. The van der Waals surface area contributed by atoms with Crippen LogP contribution in [0, 0.1) is 11.8 Å². The molecule has 1 unspecified atom stereocenters. The number of ether oxygens (including phenoxy) is 1. The molecular weight excluding hydrogens is 284 g/mol. The summed E-state index contributed by atoms with van der Waals surface area (Å²) in [7, 11) is 1.59. The van der Waals surface area contributed by atoms with Crippen molar-refractivity contribution in [2.75, 3.05) is 25.2 Å². The number of nitrogens with two attached hydrogens (primary N) is 1. The molecule has 1 fully saturated rings. The van der Waals surface area contributed by atoms with Crippen LogP contribution in [-0.2, 0) is 0 Å². The smallest absolute Gasteiger partial charge is 0.251 e. The Kier molecular flexibility index (Phi) is 5.97. The minimum atomic E-state index is -0.0547. The summed E-state index contributed by atoms with van der Waals surface area (Å²) in [5.74, 6) is 8.50. The number of carbonyl (C=O) groups excluding carboxylic acids is 1. The van der Waals surface area contributed by atoms with Gasteiger partial charge in [-0.2, -0.15) is 11.8 Å². The fraction of sp³-hybridized carbons (Fsp3) is 0.438. The first kappa shape index (κ1) is 15.7. The Hall–Kier alpha value is -1.64. The van der Waals surface area contributed by atoms with E-state index >= 15 is 0 Å². The third-order valence-electron chi connectivity index (χ3n) is 3.28. The molecule has 21 heavy (non-hydrogen) atoms. The molecule has 5 heteroatoms. The summed E-state index contributed by atoms with van der Waals surface area (Å²) in [6, 6.07) is 5.55. The van der Waals surface area contributed by atoms with E-state index < -0.39 is 0 Å². The van der Waals surface area contributed by atoms with E-state index in [-0.39, 0.29) is 18.5 Å². The Balaban J connectivity index is 2.13. The molecular formula is C16H20N2O2S. The van der Waals surface area contributed by atoms with Gasteiger partial charge < -0.3 is 15.8 Å². The van der Waals surface area contributed by atoms with Crippen molar-refractivity contribution in [3.05, 3.63) is 29.3 Å². The van der Waals surface area contributed by atoms with Gasteiger partial charge in [-0.15, -0.1) is 0 Å². The zero-order valence-corrected chi connectivity index (χ0v) is 13.0. The van der Waals surface area contributed by atoms with E-state index in [9.17, 15) is 4.79 Å². The van der Waals surface area contributed by atoms with Crippen molar-refractivity contribution in [3.8, 4) is 17.6 Å². The molecule has 1 amide bonds. The van der Waals surface area contributed by atoms with E-state index in [0.29, 0.717) is 16.9 Å². The molecule has 1 aromatic rings. The van der Waals surface area contributed by atoms with Gasteiger partial charge in [-0.3, -0.25) is 4.79 Å². The largest absolute Gasteiger partial charge is 0.495 e. The minimum Gasteiger partial charge on any atom is -0.495 e. The number of methoxy groups -OCH3 is 1. The third kappa shape index (κ3) is 4.42. The molecule has 0 aliphatic carbocycles. The van der Waals surface area contributed by atoms with E-state index in [1.807, 2.05) is 11.8 Å². The molecule has 0 bridgehead atoms. The number of hydrogen-bond donors (Lipinski definition) is 2. The number of benzene rings is 1. The molecule has 3 N–H and O–H groups in total. The minimum absolute atomic E-state index is 0.0547. The summed E-state index contributed by atoms with van der Waals surface area (Å²) in [5.41, 5.74) is 6.69. The van der Waals surface area contributed by atoms with E-state index in [2.05, 4.69) is 17.2 Å². The second-order valence-corrected chi connectivity index (χ2v) is 5.96. The van der Waals surface area contributed by atoms with Gasteiger partial charge in [-0.25, -0.2) is 0 Å². The quantitative estimate of drug-likeness (QED) is 0.833. The summed E-state index contributed by atoms with van der Waals surface area (Å²) in [6.07, 6.45) is 2.21. The van der Waals surface area contributed by atoms with Gasteiger partial charge in [-0.05, 0) is 36.8 Å². The molecule has 1 aromatic carbocycles. The number of nitrogens with one attached hydrogen (secondary N) is 1. The highest BCUT2D eigenvalue weighted by molar-refractivity contribution is 7.99. The maximum absolute atomic E-state index is 12.3. The summed E-state index contributed by atoms with van der Waals surface area (Å²) in [6.45, 7) is 0.277. The maximum Gasteiger partial charge on any atom is 0.251 e. The van der Waals surface area contributed by atoms with E-state index in [1.54, 1.807) is 25.3 Å². The van der Waals surface area contributed by atoms with E-state index in [0.717, 1.165) is 18.6 Å². The lowest BCUT2D eigenvalue weighted by Gasteiger charge is -2.22. The maximum atomic E-state index is 12.3. The predicted molar refractivity (Wildman–Crippen MR) is 86.7 cm³/mol. The van der Waals surface area contributed by atoms with Crippen LogP contribution < -0.4 is 15.8 Å². The zero-order chi connectivity index (χ0) is 15.1. The van der Waals surface area contributed by atoms with Crippen molar-refractivity contribution < 1.29 is 9.53 Å². The second-order valence-electron chi connectivity index (χ2n) is 4.81. The van der Waals surface area contributed by atoms with Crippen molar-refractivity contribution in [2.24, 2.45) is 5.73 Å². The van der Waals surface area contributed by atoms with E-state index in [4.69, 9.17) is 10.5 Å². The van der Waals surface area contributed by atoms with Crippen LogP contribution in [0.2, 0.25) is 0 Å². The molecule has 1 aliphatic rings. The molecule has 1 heterocycles. The Labute approximate surface area is 129 Å². The van der Waals surface area contributed by atoms with Crippen molar-refractivity contribution >= 4 is 17.7 Å². The van der Waals surface area contributed by atoms with Crippen LogP contribution in [0.15, 0.2) is 18.2 Å². The highest BCUT2D eigenvalue weighted by Crippen LogP contribution is 2.20. The van der Waals surface area contributed by atoms with Crippen molar-refractivity contribution in [1.29, 1.82) is 0 Å². The van der Waals surface area contributed by atoms with Crippen molar-refractivity contribution in [2.45, 2.75) is 18.9 Å². The number of carbonyl (C=O) groups is 1. The van der Waals surface area contributed by atoms with Crippen LogP contribution in [-0.4, -0.2) is 37.1 Å². The van der Waals surface area contributed by atoms with Gasteiger partial charge in [0.1, 0.15) is 5.75 Å². The number of thioether (sulfide) groups is 1. The second kappa shape index (κ2) is 7.96.